The summed E-state index contributed by atoms with van der Waals surface area (Å²) in [6.45, 7) is 2.04. The zero-order valence-electron chi connectivity index (χ0n) is 4.00. The Bertz CT molecular complexity index is 47.0. The molecule has 0 radical (unpaired) electrons. The van der Waals surface area contributed by atoms with Crippen LogP contribution in [0.1, 0.15) is 6.92 Å². The van der Waals surface area contributed by atoms with Crippen LogP contribution in [0, 0.1) is 0 Å². The Hall–Kier alpha value is 1.31. The Kier molecular flexibility index (Phi) is 5.00. The smallest absolute Gasteiger partial charge is 0.0586 e. The number of alkyl halides is 3. The summed E-state index contributed by atoms with van der Waals surface area (Å²) in [5.41, 5.74) is 0. The average Bonchev–Trinajstić information content (AvgIpc) is 1.65. The third-order valence-electron chi connectivity index (χ3n) is 0.646. The first kappa shape index (κ1) is 8.31. The van der Waals surface area contributed by atoms with E-state index in [0.29, 0.717) is 9.80 Å². The van der Waals surface area contributed by atoms with Gasteiger partial charge >= 0.3 is 0 Å². The molecule has 0 rings (SSSR count). The summed E-state index contributed by atoms with van der Waals surface area (Å²) < 4.78 is 0.469. The topological polar surface area (TPSA) is 0 Å². The third-order valence-corrected chi connectivity index (χ3v) is 2.96. The maximum absolute atomic E-state index is 5.66. The number of halogens is 3. The monoisotopic (exact) mass is 252 g/mol. The standard InChI is InChI=1S/C4H7Cl2I/c1-3(7)4(6)2-5/h3-4H,2H2,1H3. The summed E-state index contributed by atoms with van der Waals surface area (Å²) in [4.78, 5) is 0. The van der Waals surface area contributed by atoms with Crippen LogP contribution in [-0.4, -0.2) is 15.2 Å². The van der Waals surface area contributed by atoms with Crippen LogP contribution in [0.15, 0.2) is 0 Å². The lowest BCUT2D eigenvalue weighted by atomic mass is 10.4. The van der Waals surface area contributed by atoms with Crippen LogP contribution in [0.5, 0.6) is 0 Å². The molecule has 0 aromatic heterocycles. The molecule has 3 heteroatoms. The molecule has 44 valence electrons. The summed E-state index contributed by atoms with van der Waals surface area (Å²) in [6.07, 6.45) is 0. The minimum atomic E-state index is 0.127. The Labute approximate surface area is 67.7 Å². The molecular weight excluding hydrogens is 246 g/mol. The molecule has 0 aliphatic rings. The van der Waals surface area contributed by atoms with Gasteiger partial charge in [-0.05, 0) is 0 Å². The van der Waals surface area contributed by atoms with E-state index >= 15 is 0 Å². The Morgan fingerprint density at radius 1 is 1.71 bits per heavy atom. The number of rotatable bonds is 2. The molecule has 0 aliphatic carbocycles. The van der Waals surface area contributed by atoms with Gasteiger partial charge in [0, 0.05) is 9.80 Å². The second-order valence-corrected chi connectivity index (χ2v) is 4.18. The average molecular weight is 253 g/mol. The lowest BCUT2D eigenvalue weighted by Gasteiger charge is -2.04. The van der Waals surface area contributed by atoms with E-state index in [1.165, 1.54) is 0 Å². The van der Waals surface area contributed by atoms with E-state index in [2.05, 4.69) is 22.6 Å². The molecule has 7 heavy (non-hydrogen) atoms. The van der Waals surface area contributed by atoms with Gasteiger partial charge in [0.2, 0.25) is 0 Å². The summed E-state index contributed by atoms with van der Waals surface area (Å²) in [6, 6.07) is 0. The Morgan fingerprint density at radius 2 is 2.14 bits per heavy atom. The molecule has 0 spiro atoms. The van der Waals surface area contributed by atoms with Gasteiger partial charge in [-0.3, -0.25) is 0 Å². The van der Waals surface area contributed by atoms with E-state index in [4.69, 9.17) is 23.2 Å². The molecule has 0 aromatic carbocycles. The van der Waals surface area contributed by atoms with Gasteiger partial charge in [-0.25, -0.2) is 0 Å². The van der Waals surface area contributed by atoms with Crippen LogP contribution in [0.3, 0.4) is 0 Å². The first-order valence-corrected chi connectivity index (χ1v) is 4.24. The van der Waals surface area contributed by atoms with E-state index in [9.17, 15) is 0 Å². The normalized spacial score (nSPS) is 18.9. The number of hydrogen-bond acceptors (Lipinski definition) is 0. The highest BCUT2D eigenvalue weighted by molar-refractivity contribution is 14.1. The largest absolute Gasteiger partial charge is 0.125 e. The molecule has 0 bridgehead atoms. The molecule has 0 aromatic rings. The molecule has 0 nitrogen and oxygen atoms in total. The summed E-state index contributed by atoms with van der Waals surface area (Å²) in [5, 5.41) is 0.127. The summed E-state index contributed by atoms with van der Waals surface area (Å²) >= 11 is 13.3. The molecule has 0 fully saturated rings. The maximum atomic E-state index is 5.66. The van der Waals surface area contributed by atoms with Crippen molar-refractivity contribution in [1.82, 2.24) is 0 Å². The predicted molar refractivity (Wildman–Crippen MR) is 43.8 cm³/mol. The van der Waals surface area contributed by atoms with Gasteiger partial charge in [0.25, 0.3) is 0 Å². The fraction of sp³-hybridized carbons (Fsp3) is 1.00. The van der Waals surface area contributed by atoms with E-state index in [-0.39, 0.29) is 5.38 Å². The van der Waals surface area contributed by atoms with Gasteiger partial charge < -0.3 is 0 Å². The van der Waals surface area contributed by atoms with E-state index < -0.39 is 0 Å². The SMILES string of the molecule is CC(I)C(Cl)CCl. The highest BCUT2D eigenvalue weighted by Gasteiger charge is 2.07. The lowest BCUT2D eigenvalue weighted by Crippen LogP contribution is -2.10. The zero-order valence-corrected chi connectivity index (χ0v) is 7.67. The van der Waals surface area contributed by atoms with Crippen molar-refractivity contribution in [3.05, 3.63) is 0 Å². The van der Waals surface area contributed by atoms with Crippen LogP contribution >= 0.6 is 45.8 Å². The second-order valence-electron chi connectivity index (χ2n) is 1.35. The first-order valence-electron chi connectivity index (χ1n) is 2.02. The molecule has 2 atom stereocenters. The molecule has 0 N–H and O–H groups in total. The molecular formula is C4H7Cl2I. The third kappa shape index (κ3) is 3.86. The predicted octanol–water partition coefficient (Wildman–Crippen LogP) is 2.66. The van der Waals surface area contributed by atoms with Crippen LogP contribution in [0.4, 0.5) is 0 Å². The fourth-order valence-corrected chi connectivity index (χ4v) is 0.945. The zero-order chi connectivity index (χ0) is 5.86. The molecule has 0 heterocycles. The van der Waals surface area contributed by atoms with Gasteiger partial charge in [0.15, 0.2) is 0 Å². The van der Waals surface area contributed by atoms with Gasteiger partial charge in [-0.1, -0.05) is 29.5 Å². The quantitative estimate of drug-likeness (QED) is 0.524. The van der Waals surface area contributed by atoms with E-state index in [0.717, 1.165) is 0 Å². The lowest BCUT2D eigenvalue weighted by molar-refractivity contribution is 0.954. The van der Waals surface area contributed by atoms with Crippen LogP contribution in [0.25, 0.3) is 0 Å². The Balaban J connectivity index is 3.14. The van der Waals surface area contributed by atoms with Gasteiger partial charge in [0.1, 0.15) is 0 Å². The molecule has 0 aliphatic heterocycles. The minimum absolute atomic E-state index is 0.127. The molecule has 0 saturated carbocycles. The highest BCUT2D eigenvalue weighted by Crippen LogP contribution is 2.12. The molecule has 2 unspecified atom stereocenters. The van der Waals surface area contributed by atoms with Crippen molar-refractivity contribution < 1.29 is 0 Å². The summed E-state index contributed by atoms with van der Waals surface area (Å²) in [7, 11) is 0. The van der Waals surface area contributed by atoms with E-state index in [1.54, 1.807) is 0 Å². The van der Waals surface area contributed by atoms with Gasteiger partial charge in [0.05, 0.1) is 5.38 Å². The van der Waals surface area contributed by atoms with Crippen molar-refractivity contribution in [1.29, 1.82) is 0 Å². The Morgan fingerprint density at radius 3 is 2.14 bits per heavy atom. The van der Waals surface area contributed by atoms with Crippen molar-refractivity contribution in [3.8, 4) is 0 Å². The van der Waals surface area contributed by atoms with Gasteiger partial charge in [-0.2, -0.15) is 0 Å². The highest BCUT2D eigenvalue weighted by atomic mass is 127. The van der Waals surface area contributed by atoms with Crippen LogP contribution in [-0.2, 0) is 0 Å². The van der Waals surface area contributed by atoms with Gasteiger partial charge in [-0.15, -0.1) is 23.2 Å². The van der Waals surface area contributed by atoms with Crippen molar-refractivity contribution in [3.63, 3.8) is 0 Å². The molecule has 0 amide bonds. The van der Waals surface area contributed by atoms with Crippen molar-refractivity contribution >= 4 is 45.8 Å². The number of hydrogen-bond donors (Lipinski definition) is 0. The van der Waals surface area contributed by atoms with Crippen molar-refractivity contribution in [2.45, 2.75) is 16.2 Å². The second kappa shape index (κ2) is 4.21. The summed E-state index contributed by atoms with van der Waals surface area (Å²) in [5.74, 6) is 0.547. The van der Waals surface area contributed by atoms with Crippen LogP contribution < -0.4 is 0 Å². The van der Waals surface area contributed by atoms with Crippen molar-refractivity contribution in [2.75, 3.05) is 5.88 Å². The van der Waals surface area contributed by atoms with Crippen LogP contribution in [0.2, 0.25) is 0 Å². The van der Waals surface area contributed by atoms with E-state index in [1.807, 2.05) is 6.92 Å². The first-order chi connectivity index (χ1) is 3.18. The molecule has 0 saturated heterocycles. The fourth-order valence-electron chi connectivity index (χ4n) is 0.123. The minimum Gasteiger partial charge on any atom is -0.125 e. The van der Waals surface area contributed by atoms with Crippen molar-refractivity contribution in [2.24, 2.45) is 0 Å². The maximum Gasteiger partial charge on any atom is 0.0586 e.